The van der Waals surface area contributed by atoms with Gasteiger partial charge in [-0.1, -0.05) is 29.5 Å². The van der Waals surface area contributed by atoms with Crippen molar-refractivity contribution in [3.63, 3.8) is 0 Å². The van der Waals surface area contributed by atoms with Gasteiger partial charge in [0.1, 0.15) is 0 Å². The summed E-state index contributed by atoms with van der Waals surface area (Å²) in [5, 5.41) is 4.48. The van der Waals surface area contributed by atoms with Crippen LogP contribution in [0.15, 0.2) is 17.1 Å². The molecule has 0 unspecified atom stereocenters. The first-order chi connectivity index (χ1) is 7.16. The highest BCUT2D eigenvalue weighted by Crippen LogP contribution is 2.24. The van der Waals surface area contributed by atoms with Gasteiger partial charge in [0, 0.05) is 11.4 Å². The van der Waals surface area contributed by atoms with Crippen LogP contribution in [-0.2, 0) is 0 Å². The van der Waals surface area contributed by atoms with Crippen molar-refractivity contribution in [1.82, 2.24) is 0 Å². The summed E-state index contributed by atoms with van der Waals surface area (Å²) in [6.45, 7) is 7.35. The van der Waals surface area contributed by atoms with Crippen molar-refractivity contribution in [3.8, 4) is 0 Å². The molecule has 15 heavy (non-hydrogen) atoms. The van der Waals surface area contributed by atoms with Gasteiger partial charge < -0.3 is 5.32 Å². The predicted octanol–water partition coefficient (Wildman–Crippen LogP) is 3.13. The second-order valence-electron chi connectivity index (χ2n) is 3.93. The maximum Gasteiger partial charge on any atom is 0.161 e. The molecule has 1 aliphatic rings. The minimum Gasteiger partial charge on any atom is -0.335 e. The first-order valence-electron chi connectivity index (χ1n) is 5.19. The van der Waals surface area contributed by atoms with Crippen LogP contribution in [-0.4, -0.2) is 17.5 Å². The summed E-state index contributed by atoms with van der Waals surface area (Å²) in [6, 6.07) is 4.41. The first-order valence-corrected chi connectivity index (χ1v) is 6.17. The highest BCUT2D eigenvalue weighted by atomic mass is 32.2. The number of aryl methyl sites for hydroxylation is 3. The molecular formula is C12H16N2S. The fourth-order valence-electron chi connectivity index (χ4n) is 1.89. The molecule has 0 radical (unpaired) electrons. The highest BCUT2D eigenvalue weighted by Gasteiger charge is 2.10. The van der Waals surface area contributed by atoms with Crippen LogP contribution in [0.25, 0.3) is 0 Å². The molecule has 0 fully saturated rings. The molecular weight excluding hydrogens is 204 g/mol. The summed E-state index contributed by atoms with van der Waals surface area (Å²) in [6.07, 6.45) is 0. The van der Waals surface area contributed by atoms with E-state index in [2.05, 4.69) is 43.2 Å². The van der Waals surface area contributed by atoms with Gasteiger partial charge in [0.2, 0.25) is 0 Å². The van der Waals surface area contributed by atoms with E-state index in [1.165, 1.54) is 22.4 Å². The first kappa shape index (κ1) is 10.6. The van der Waals surface area contributed by atoms with Crippen molar-refractivity contribution >= 4 is 22.6 Å². The highest BCUT2D eigenvalue weighted by molar-refractivity contribution is 8.14. The Balaban J connectivity index is 2.27. The monoisotopic (exact) mass is 220 g/mol. The summed E-state index contributed by atoms with van der Waals surface area (Å²) >= 11 is 1.80. The Kier molecular flexibility index (Phi) is 3.00. The number of amidine groups is 1. The lowest BCUT2D eigenvalue weighted by Gasteiger charge is -2.12. The second kappa shape index (κ2) is 4.27. The van der Waals surface area contributed by atoms with Gasteiger partial charge in [0.15, 0.2) is 5.17 Å². The maximum absolute atomic E-state index is 4.40. The number of anilines is 1. The lowest BCUT2D eigenvalue weighted by Crippen LogP contribution is -2.08. The standard InChI is InChI=1S/C12H16N2S/c1-8-6-9(2)11(10(3)7-8)14-12-13-4-5-15-12/h6-7H,4-5H2,1-3H3,(H,13,14). The van der Waals surface area contributed by atoms with Crippen LogP contribution in [0.5, 0.6) is 0 Å². The summed E-state index contributed by atoms with van der Waals surface area (Å²) in [4.78, 5) is 4.40. The van der Waals surface area contributed by atoms with Gasteiger partial charge in [0.25, 0.3) is 0 Å². The van der Waals surface area contributed by atoms with E-state index in [0.29, 0.717) is 0 Å². The summed E-state index contributed by atoms with van der Waals surface area (Å²) < 4.78 is 0. The van der Waals surface area contributed by atoms with Gasteiger partial charge in [-0.15, -0.1) is 0 Å². The van der Waals surface area contributed by atoms with E-state index in [9.17, 15) is 0 Å². The molecule has 0 saturated heterocycles. The molecule has 0 bridgehead atoms. The second-order valence-corrected chi connectivity index (χ2v) is 5.02. The average Bonchev–Trinajstić information content (AvgIpc) is 2.63. The third-order valence-corrected chi connectivity index (χ3v) is 3.39. The van der Waals surface area contributed by atoms with E-state index >= 15 is 0 Å². The lowest BCUT2D eigenvalue weighted by atomic mass is 10.1. The van der Waals surface area contributed by atoms with E-state index in [-0.39, 0.29) is 0 Å². The number of hydrogen-bond donors (Lipinski definition) is 1. The molecule has 1 N–H and O–H groups in total. The van der Waals surface area contributed by atoms with Crippen LogP contribution in [0.1, 0.15) is 16.7 Å². The van der Waals surface area contributed by atoms with Crippen molar-refractivity contribution in [3.05, 3.63) is 28.8 Å². The Hall–Kier alpha value is -0.960. The molecule has 0 spiro atoms. The van der Waals surface area contributed by atoms with E-state index < -0.39 is 0 Å². The Morgan fingerprint density at radius 2 is 1.87 bits per heavy atom. The summed E-state index contributed by atoms with van der Waals surface area (Å²) in [5.41, 5.74) is 5.12. The summed E-state index contributed by atoms with van der Waals surface area (Å²) in [5.74, 6) is 1.10. The van der Waals surface area contributed by atoms with Gasteiger partial charge in [0.05, 0.1) is 6.54 Å². The van der Waals surface area contributed by atoms with E-state index in [1.54, 1.807) is 11.8 Å². The molecule has 0 aliphatic carbocycles. The molecule has 2 nitrogen and oxygen atoms in total. The Morgan fingerprint density at radius 3 is 2.40 bits per heavy atom. The molecule has 1 heterocycles. The predicted molar refractivity (Wildman–Crippen MR) is 69.0 cm³/mol. The van der Waals surface area contributed by atoms with Crippen LogP contribution in [0, 0.1) is 20.8 Å². The largest absolute Gasteiger partial charge is 0.335 e. The fraction of sp³-hybridized carbons (Fsp3) is 0.417. The number of rotatable bonds is 1. The van der Waals surface area contributed by atoms with Gasteiger partial charge >= 0.3 is 0 Å². The Morgan fingerprint density at radius 1 is 1.20 bits per heavy atom. The Bertz CT molecular complexity index is 387. The van der Waals surface area contributed by atoms with Gasteiger partial charge in [-0.05, 0) is 31.9 Å². The molecule has 1 aliphatic heterocycles. The zero-order chi connectivity index (χ0) is 10.8. The number of nitrogens with one attached hydrogen (secondary N) is 1. The van der Waals surface area contributed by atoms with Crippen LogP contribution < -0.4 is 5.32 Å². The van der Waals surface area contributed by atoms with Crippen molar-refractivity contribution in [2.24, 2.45) is 4.99 Å². The van der Waals surface area contributed by atoms with Crippen molar-refractivity contribution in [2.45, 2.75) is 20.8 Å². The molecule has 0 saturated carbocycles. The van der Waals surface area contributed by atoms with E-state index in [1.807, 2.05) is 0 Å². The zero-order valence-electron chi connectivity index (χ0n) is 9.42. The normalized spacial score (nSPS) is 15.3. The quantitative estimate of drug-likeness (QED) is 0.786. The van der Waals surface area contributed by atoms with Crippen molar-refractivity contribution in [1.29, 1.82) is 0 Å². The number of nitrogens with zero attached hydrogens (tertiary/aromatic N) is 1. The minimum absolute atomic E-state index is 0.941. The molecule has 0 atom stereocenters. The smallest absolute Gasteiger partial charge is 0.161 e. The van der Waals surface area contributed by atoms with Crippen molar-refractivity contribution in [2.75, 3.05) is 17.6 Å². The number of thioether (sulfide) groups is 1. The van der Waals surface area contributed by atoms with E-state index in [0.717, 1.165) is 17.5 Å². The molecule has 0 amide bonds. The maximum atomic E-state index is 4.40. The fourth-order valence-corrected chi connectivity index (χ4v) is 2.63. The van der Waals surface area contributed by atoms with Crippen LogP contribution >= 0.6 is 11.8 Å². The van der Waals surface area contributed by atoms with Crippen LogP contribution in [0.4, 0.5) is 5.69 Å². The zero-order valence-corrected chi connectivity index (χ0v) is 10.2. The van der Waals surface area contributed by atoms with Gasteiger partial charge in [-0.3, -0.25) is 4.99 Å². The lowest BCUT2D eigenvalue weighted by molar-refractivity contribution is 1.17. The molecule has 1 aromatic rings. The average molecular weight is 220 g/mol. The number of hydrogen-bond acceptors (Lipinski definition) is 3. The third kappa shape index (κ3) is 2.34. The van der Waals surface area contributed by atoms with E-state index in [4.69, 9.17) is 0 Å². The summed E-state index contributed by atoms with van der Waals surface area (Å²) in [7, 11) is 0. The molecule has 80 valence electrons. The minimum atomic E-state index is 0.941. The topological polar surface area (TPSA) is 24.4 Å². The molecule has 0 aromatic heterocycles. The number of aliphatic imine (C=N–C) groups is 1. The van der Waals surface area contributed by atoms with Crippen molar-refractivity contribution < 1.29 is 0 Å². The number of benzene rings is 1. The van der Waals surface area contributed by atoms with Crippen LogP contribution in [0.3, 0.4) is 0 Å². The molecule has 2 rings (SSSR count). The SMILES string of the molecule is Cc1cc(C)c(NC2=NCCS2)c(C)c1. The van der Waals surface area contributed by atoms with Crippen LogP contribution in [0.2, 0.25) is 0 Å². The third-order valence-electron chi connectivity index (χ3n) is 2.49. The molecule has 3 heteroatoms. The van der Waals surface area contributed by atoms with Gasteiger partial charge in [-0.25, -0.2) is 0 Å². The Labute approximate surface area is 95.2 Å². The van der Waals surface area contributed by atoms with Gasteiger partial charge in [-0.2, -0.15) is 0 Å². The molecule has 1 aromatic carbocycles.